The van der Waals surface area contributed by atoms with Gasteiger partial charge in [-0.3, -0.25) is 4.79 Å². The first-order valence-electron chi connectivity index (χ1n) is 7.01. The highest BCUT2D eigenvalue weighted by atomic mass is 127. The van der Waals surface area contributed by atoms with Crippen LogP contribution in [0.25, 0.3) is 0 Å². The summed E-state index contributed by atoms with van der Waals surface area (Å²) in [6, 6.07) is 15.7. The number of methoxy groups -OCH3 is 1. The molecule has 0 N–H and O–H groups in total. The lowest BCUT2D eigenvalue weighted by atomic mass is 10.1. The second-order valence-corrected chi connectivity index (χ2v) is 7.44. The molecular formula is C17H16INO2S. The van der Waals surface area contributed by atoms with Crippen LogP contribution in [0, 0.1) is 3.57 Å². The van der Waals surface area contributed by atoms with Crippen molar-refractivity contribution in [2.75, 3.05) is 19.4 Å². The van der Waals surface area contributed by atoms with E-state index in [2.05, 4.69) is 22.6 Å². The van der Waals surface area contributed by atoms with Crippen LogP contribution in [0.3, 0.4) is 0 Å². The highest BCUT2D eigenvalue weighted by molar-refractivity contribution is 14.1. The zero-order valence-corrected chi connectivity index (χ0v) is 15.1. The van der Waals surface area contributed by atoms with E-state index in [0.717, 1.165) is 32.7 Å². The molecule has 22 heavy (non-hydrogen) atoms. The molecule has 2 aromatic carbocycles. The standard InChI is InChI=1S/C17H16INO2S/c1-21-15-8-4-13(5-9-15)17-19(10-11-22-17)16(20)12-2-6-14(18)7-3-12/h2-9,17H,10-11H2,1H3. The molecule has 1 saturated heterocycles. The number of hydrogen-bond acceptors (Lipinski definition) is 3. The van der Waals surface area contributed by atoms with E-state index in [1.807, 2.05) is 53.4 Å². The van der Waals surface area contributed by atoms with Crippen LogP contribution in [-0.4, -0.2) is 30.2 Å². The van der Waals surface area contributed by atoms with E-state index >= 15 is 0 Å². The van der Waals surface area contributed by atoms with E-state index in [1.54, 1.807) is 18.9 Å². The molecule has 1 aliphatic heterocycles. The van der Waals surface area contributed by atoms with Gasteiger partial charge in [0.2, 0.25) is 0 Å². The van der Waals surface area contributed by atoms with Gasteiger partial charge in [0, 0.05) is 21.4 Å². The van der Waals surface area contributed by atoms with Crippen molar-refractivity contribution in [2.24, 2.45) is 0 Å². The quantitative estimate of drug-likeness (QED) is 0.691. The fourth-order valence-corrected chi connectivity index (χ4v) is 4.10. The van der Waals surface area contributed by atoms with Crippen LogP contribution in [-0.2, 0) is 0 Å². The monoisotopic (exact) mass is 425 g/mol. The van der Waals surface area contributed by atoms with Gasteiger partial charge in [0.15, 0.2) is 0 Å². The van der Waals surface area contributed by atoms with Gasteiger partial charge in [-0.25, -0.2) is 0 Å². The van der Waals surface area contributed by atoms with E-state index < -0.39 is 0 Å². The SMILES string of the molecule is COc1ccc(C2SCCN2C(=O)c2ccc(I)cc2)cc1. The molecular weight excluding hydrogens is 409 g/mol. The van der Waals surface area contributed by atoms with Gasteiger partial charge >= 0.3 is 0 Å². The van der Waals surface area contributed by atoms with Gasteiger partial charge in [0.1, 0.15) is 11.1 Å². The number of nitrogens with zero attached hydrogens (tertiary/aromatic N) is 1. The van der Waals surface area contributed by atoms with Crippen LogP contribution in [0.1, 0.15) is 21.3 Å². The Morgan fingerprint density at radius 1 is 1.18 bits per heavy atom. The average Bonchev–Trinajstić information content (AvgIpc) is 3.04. The maximum absolute atomic E-state index is 12.8. The highest BCUT2D eigenvalue weighted by Gasteiger charge is 2.31. The van der Waals surface area contributed by atoms with Gasteiger partial charge in [-0.2, -0.15) is 0 Å². The van der Waals surface area contributed by atoms with Crippen LogP contribution < -0.4 is 4.74 Å². The molecule has 1 atom stereocenters. The minimum Gasteiger partial charge on any atom is -0.497 e. The molecule has 1 aliphatic rings. The summed E-state index contributed by atoms with van der Waals surface area (Å²) in [7, 11) is 1.66. The van der Waals surface area contributed by atoms with E-state index in [0.29, 0.717) is 0 Å². The summed E-state index contributed by atoms with van der Waals surface area (Å²) in [6.07, 6.45) is 0. The Morgan fingerprint density at radius 2 is 1.86 bits per heavy atom. The summed E-state index contributed by atoms with van der Waals surface area (Å²) in [5.74, 6) is 1.90. The Morgan fingerprint density at radius 3 is 2.50 bits per heavy atom. The van der Waals surface area contributed by atoms with Crippen molar-refractivity contribution in [3.05, 3.63) is 63.2 Å². The van der Waals surface area contributed by atoms with Gasteiger partial charge < -0.3 is 9.64 Å². The van der Waals surface area contributed by atoms with E-state index in [-0.39, 0.29) is 11.3 Å². The third kappa shape index (κ3) is 3.25. The second kappa shape index (κ2) is 6.91. The number of rotatable bonds is 3. The molecule has 0 aliphatic carbocycles. The molecule has 114 valence electrons. The lowest BCUT2D eigenvalue weighted by molar-refractivity contribution is 0.0760. The molecule has 1 amide bonds. The topological polar surface area (TPSA) is 29.5 Å². The first-order chi connectivity index (χ1) is 10.7. The number of carbonyl (C=O) groups excluding carboxylic acids is 1. The normalized spacial score (nSPS) is 17.5. The molecule has 1 fully saturated rings. The maximum Gasteiger partial charge on any atom is 0.255 e. The number of hydrogen-bond donors (Lipinski definition) is 0. The second-order valence-electron chi connectivity index (χ2n) is 5.00. The Bertz CT molecular complexity index is 657. The molecule has 0 saturated carbocycles. The summed E-state index contributed by atoms with van der Waals surface area (Å²) in [6.45, 7) is 0.784. The number of halogens is 1. The summed E-state index contributed by atoms with van der Waals surface area (Å²) >= 11 is 4.05. The van der Waals surface area contributed by atoms with Gasteiger partial charge in [-0.05, 0) is 64.6 Å². The lowest BCUT2D eigenvalue weighted by Crippen LogP contribution is -2.30. The fourth-order valence-electron chi connectivity index (χ4n) is 2.48. The van der Waals surface area contributed by atoms with E-state index in [1.165, 1.54) is 0 Å². The zero-order chi connectivity index (χ0) is 15.5. The van der Waals surface area contributed by atoms with Crippen LogP contribution in [0.5, 0.6) is 5.75 Å². The van der Waals surface area contributed by atoms with Crippen LogP contribution >= 0.6 is 34.4 Å². The van der Waals surface area contributed by atoms with Crippen molar-refractivity contribution < 1.29 is 9.53 Å². The van der Waals surface area contributed by atoms with Crippen molar-refractivity contribution in [1.29, 1.82) is 0 Å². The van der Waals surface area contributed by atoms with Gasteiger partial charge in [-0.1, -0.05) is 12.1 Å². The smallest absolute Gasteiger partial charge is 0.255 e. The van der Waals surface area contributed by atoms with Gasteiger partial charge in [0.25, 0.3) is 5.91 Å². The highest BCUT2D eigenvalue weighted by Crippen LogP contribution is 2.39. The van der Waals surface area contributed by atoms with Crippen molar-refractivity contribution in [3.8, 4) is 5.75 Å². The number of amides is 1. The number of benzene rings is 2. The zero-order valence-electron chi connectivity index (χ0n) is 12.2. The molecule has 3 rings (SSSR count). The van der Waals surface area contributed by atoms with Crippen molar-refractivity contribution >= 4 is 40.3 Å². The molecule has 0 bridgehead atoms. The van der Waals surface area contributed by atoms with Crippen molar-refractivity contribution in [3.63, 3.8) is 0 Å². The molecule has 3 nitrogen and oxygen atoms in total. The Labute approximate surface area is 148 Å². The Hall–Kier alpha value is -1.21. The van der Waals surface area contributed by atoms with E-state index in [9.17, 15) is 4.79 Å². The first-order valence-corrected chi connectivity index (χ1v) is 9.14. The molecule has 1 unspecified atom stereocenters. The third-order valence-corrected chi connectivity index (χ3v) is 5.62. The van der Waals surface area contributed by atoms with Crippen LogP contribution in [0.2, 0.25) is 0 Å². The average molecular weight is 425 g/mol. The fraction of sp³-hybridized carbons (Fsp3) is 0.235. The van der Waals surface area contributed by atoms with Crippen molar-refractivity contribution in [1.82, 2.24) is 4.90 Å². The largest absolute Gasteiger partial charge is 0.497 e. The predicted molar refractivity (Wildman–Crippen MR) is 98.4 cm³/mol. The Kier molecular flexibility index (Phi) is 4.93. The van der Waals surface area contributed by atoms with Gasteiger partial charge in [0.05, 0.1) is 7.11 Å². The molecule has 0 radical (unpaired) electrons. The predicted octanol–water partition coefficient (Wildman–Crippen LogP) is 4.19. The molecule has 1 heterocycles. The number of carbonyl (C=O) groups is 1. The number of thioether (sulfide) groups is 1. The molecule has 5 heteroatoms. The van der Waals surface area contributed by atoms with E-state index in [4.69, 9.17) is 4.74 Å². The van der Waals surface area contributed by atoms with Crippen LogP contribution in [0.4, 0.5) is 0 Å². The van der Waals surface area contributed by atoms with Gasteiger partial charge in [-0.15, -0.1) is 11.8 Å². The molecule has 0 spiro atoms. The summed E-state index contributed by atoms with van der Waals surface area (Å²) in [5.41, 5.74) is 1.89. The molecule has 0 aromatic heterocycles. The van der Waals surface area contributed by atoms with Crippen molar-refractivity contribution in [2.45, 2.75) is 5.37 Å². The third-order valence-electron chi connectivity index (χ3n) is 3.64. The van der Waals surface area contributed by atoms with Crippen LogP contribution in [0.15, 0.2) is 48.5 Å². The minimum atomic E-state index is 0.0812. The Balaban J connectivity index is 1.82. The number of ether oxygens (including phenoxy) is 1. The lowest BCUT2D eigenvalue weighted by Gasteiger charge is -2.24. The first kappa shape index (κ1) is 15.7. The summed E-state index contributed by atoms with van der Waals surface area (Å²) < 4.78 is 6.33. The summed E-state index contributed by atoms with van der Waals surface area (Å²) in [5, 5.41) is 0.0812. The minimum absolute atomic E-state index is 0.0812. The molecule has 2 aromatic rings. The summed E-state index contributed by atoms with van der Waals surface area (Å²) in [4.78, 5) is 14.7. The maximum atomic E-state index is 12.8.